The van der Waals surface area contributed by atoms with Gasteiger partial charge in [0.1, 0.15) is 5.75 Å². The van der Waals surface area contributed by atoms with Crippen LogP contribution in [0.5, 0.6) is 5.75 Å². The maximum absolute atomic E-state index is 12.1. The number of amides is 2. The Morgan fingerprint density at radius 2 is 2.27 bits per heavy atom. The zero-order valence-electron chi connectivity index (χ0n) is 14.1. The highest BCUT2D eigenvalue weighted by Gasteiger charge is 2.37. The van der Waals surface area contributed by atoms with Crippen LogP contribution >= 0.6 is 11.3 Å². The molecule has 1 N–H and O–H groups in total. The lowest BCUT2D eigenvalue weighted by molar-refractivity contribution is -0.385. The van der Waals surface area contributed by atoms with Gasteiger partial charge in [0.25, 0.3) is 5.69 Å². The van der Waals surface area contributed by atoms with Gasteiger partial charge in [-0.05, 0) is 12.5 Å². The molecule has 2 aromatic rings. The molecule has 1 aliphatic heterocycles. The van der Waals surface area contributed by atoms with E-state index in [2.05, 4.69) is 10.2 Å². The third-order valence-electron chi connectivity index (χ3n) is 3.86. The van der Waals surface area contributed by atoms with E-state index in [1.54, 1.807) is 19.2 Å². The molecular weight excluding hydrogens is 362 g/mol. The second kappa shape index (κ2) is 7.22. The van der Waals surface area contributed by atoms with Crippen LogP contribution in [0.15, 0.2) is 24.3 Å². The summed E-state index contributed by atoms with van der Waals surface area (Å²) in [5, 5.41) is 29.7. The van der Waals surface area contributed by atoms with Crippen molar-refractivity contribution in [3.05, 3.63) is 39.4 Å². The molecule has 2 unspecified atom stereocenters. The minimum absolute atomic E-state index is 0.0656. The van der Waals surface area contributed by atoms with E-state index in [1.807, 2.05) is 6.92 Å². The van der Waals surface area contributed by atoms with Gasteiger partial charge in [-0.3, -0.25) is 10.1 Å². The maximum atomic E-state index is 12.1. The molecule has 0 radical (unpaired) electrons. The first-order chi connectivity index (χ1) is 12.4. The zero-order valence-corrected chi connectivity index (χ0v) is 14.9. The summed E-state index contributed by atoms with van der Waals surface area (Å²) in [7, 11) is 1.59. The van der Waals surface area contributed by atoms with Crippen LogP contribution in [-0.2, 0) is 0 Å². The van der Waals surface area contributed by atoms with Gasteiger partial charge in [-0.1, -0.05) is 24.3 Å². The molecule has 1 aromatic heterocycles. The van der Waals surface area contributed by atoms with E-state index in [0.717, 1.165) is 11.3 Å². The molecule has 2 atom stereocenters. The van der Waals surface area contributed by atoms with Crippen molar-refractivity contribution >= 4 is 28.2 Å². The molecule has 1 saturated heterocycles. The number of aromatic nitrogens is 2. The summed E-state index contributed by atoms with van der Waals surface area (Å²) >= 11 is 1.14. The molecule has 3 rings (SSSR count). The van der Waals surface area contributed by atoms with Gasteiger partial charge in [0, 0.05) is 13.1 Å². The number of carbonyl (C=O) groups is 1. The number of urea groups is 1. The summed E-state index contributed by atoms with van der Waals surface area (Å²) < 4.78 is 5.82. The van der Waals surface area contributed by atoms with Crippen LogP contribution in [0.25, 0.3) is 0 Å². The molecular formula is C15H17N5O5S. The highest BCUT2D eigenvalue weighted by molar-refractivity contribution is 7.15. The van der Waals surface area contributed by atoms with Crippen LogP contribution < -0.4 is 9.64 Å². The number of anilines is 1. The number of aliphatic hydroxyl groups excluding tert-OH is 1. The molecule has 0 spiro atoms. The fourth-order valence-electron chi connectivity index (χ4n) is 2.52. The fraction of sp³-hybridized carbons (Fsp3) is 0.400. The van der Waals surface area contributed by atoms with Crippen molar-refractivity contribution in [2.45, 2.75) is 25.7 Å². The number of β-amino-alcohol motifs (C(OH)–C–C–N with tert-alkyl or cyclic N) is 1. The van der Waals surface area contributed by atoms with Crippen molar-refractivity contribution in [3.8, 4) is 5.75 Å². The Morgan fingerprint density at radius 1 is 1.50 bits per heavy atom. The Kier molecular flexibility index (Phi) is 5.00. The lowest BCUT2D eigenvalue weighted by Gasteiger charge is -2.15. The van der Waals surface area contributed by atoms with Gasteiger partial charge >= 0.3 is 6.03 Å². The van der Waals surface area contributed by atoms with E-state index in [4.69, 9.17) is 4.74 Å². The lowest BCUT2D eigenvalue weighted by atomic mass is 10.2. The number of nitrogens with zero attached hydrogens (tertiary/aromatic N) is 5. The number of ether oxygens (including phenoxy) is 1. The van der Waals surface area contributed by atoms with Gasteiger partial charge < -0.3 is 14.7 Å². The molecule has 2 amide bonds. The minimum Gasteiger partial charge on any atom is -0.483 e. The predicted molar refractivity (Wildman–Crippen MR) is 93.2 cm³/mol. The van der Waals surface area contributed by atoms with Crippen molar-refractivity contribution < 1.29 is 19.6 Å². The molecule has 0 saturated carbocycles. The van der Waals surface area contributed by atoms with E-state index >= 15 is 0 Å². The van der Waals surface area contributed by atoms with Crippen molar-refractivity contribution in [2.75, 3.05) is 18.5 Å². The van der Waals surface area contributed by atoms with Gasteiger partial charge in [-0.15, -0.1) is 10.2 Å². The van der Waals surface area contributed by atoms with Crippen molar-refractivity contribution in [3.63, 3.8) is 0 Å². The van der Waals surface area contributed by atoms with Crippen molar-refractivity contribution in [1.82, 2.24) is 15.1 Å². The molecule has 2 heterocycles. The number of aliphatic hydroxyl groups is 1. The van der Waals surface area contributed by atoms with Gasteiger partial charge in [-0.25, -0.2) is 9.69 Å². The molecule has 1 fully saturated rings. The smallest absolute Gasteiger partial charge is 0.328 e. The Hall–Kier alpha value is -2.79. The van der Waals surface area contributed by atoms with E-state index in [-0.39, 0.29) is 23.4 Å². The van der Waals surface area contributed by atoms with Gasteiger partial charge in [0.15, 0.2) is 17.3 Å². The molecule has 0 bridgehead atoms. The van der Waals surface area contributed by atoms with Gasteiger partial charge in [0.05, 0.1) is 17.5 Å². The van der Waals surface area contributed by atoms with E-state index in [0.29, 0.717) is 17.2 Å². The number of carbonyl (C=O) groups excluding carboxylic acids is 1. The van der Waals surface area contributed by atoms with E-state index in [9.17, 15) is 20.0 Å². The zero-order chi connectivity index (χ0) is 18.8. The predicted octanol–water partition coefficient (Wildman–Crippen LogP) is 2.17. The summed E-state index contributed by atoms with van der Waals surface area (Å²) in [6, 6.07) is 5.54. The Morgan fingerprint density at radius 3 is 2.88 bits per heavy atom. The minimum atomic E-state index is -0.980. The molecule has 1 aromatic carbocycles. The van der Waals surface area contributed by atoms with Crippen LogP contribution in [0.1, 0.15) is 24.5 Å². The molecule has 11 heteroatoms. The summed E-state index contributed by atoms with van der Waals surface area (Å²) in [6.45, 7) is 2.07. The standard InChI is InChI=1S/C15H17N5O5S/c1-3-11(25-10-6-4-5-9(7-10)20(23)24)13-16-17-14(26-13)19-12(21)8-18(2)15(19)22/h4-7,11-12,21H,3,8H2,1-2H3. The SMILES string of the molecule is CCC(Oc1cccc([N+](=O)[O-])c1)c1nnc(N2C(=O)N(C)CC2O)s1. The highest BCUT2D eigenvalue weighted by Crippen LogP contribution is 2.33. The number of nitro groups is 1. The first-order valence-electron chi connectivity index (χ1n) is 7.87. The first kappa shape index (κ1) is 18.0. The van der Waals surface area contributed by atoms with Gasteiger partial charge in [0.2, 0.25) is 5.13 Å². The normalized spacial score (nSPS) is 18.3. The molecule has 0 aliphatic carbocycles. The summed E-state index contributed by atoms with van der Waals surface area (Å²) in [5.41, 5.74) is -0.0656. The van der Waals surface area contributed by atoms with Crippen molar-refractivity contribution in [2.24, 2.45) is 0 Å². The third kappa shape index (κ3) is 3.44. The summed E-state index contributed by atoms with van der Waals surface area (Å²) in [6.07, 6.45) is -0.907. The molecule has 138 valence electrons. The van der Waals surface area contributed by atoms with Crippen LogP contribution in [-0.4, -0.2) is 51.0 Å². The monoisotopic (exact) mass is 379 g/mol. The molecule has 26 heavy (non-hydrogen) atoms. The first-order valence-corrected chi connectivity index (χ1v) is 8.69. The number of non-ortho nitro benzene ring substituents is 1. The fourth-order valence-corrected chi connectivity index (χ4v) is 3.52. The second-order valence-electron chi connectivity index (χ2n) is 5.71. The summed E-state index contributed by atoms with van der Waals surface area (Å²) in [5.74, 6) is 0.347. The van der Waals surface area contributed by atoms with Crippen LogP contribution in [0.3, 0.4) is 0 Å². The average molecular weight is 379 g/mol. The Balaban J connectivity index is 1.79. The summed E-state index contributed by atoms with van der Waals surface area (Å²) in [4.78, 5) is 25.1. The van der Waals surface area contributed by atoms with Crippen LogP contribution in [0.4, 0.5) is 15.6 Å². The third-order valence-corrected chi connectivity index (χ3v) is 4.87. The number of benzene rings is 1. The number of nitro benzene ring substituents is 1. The highest BCUT2D eigenvalue weighted by atomic mass is 32.1. The number of rotatable bonds is 6. The maximum Gasteiger partial charge on any atom is 0.328 e. The quantitative estimate of drug-likeness (QED) is 0.603. The number of hydrogen-bond acceptors (Lipinski definition) is 8. The van der Waals surface area contributed by atoms with Crippen LogP contribution in [0, 0.1) is 10.1 Å². The molecule has 10 nitrogen and oxygen atoms in total. The second-order valence-corrected chi connectivity index (χ2v) is 6.69. The largest absolute Gasteiger partial charge is 0.483 e. The van der Waals surface area contributed by atoms with E-state index < -0.39 is 17.3 Å². The number of likely N-dealkylation sites (N-methyl/N-ethyl adjacent to an activating group) is 1. The average Bonchev–Trinajstić information content (AvgIpc) is 3.18. The van der Waals surface area contributed by atoms with Gasteiger partial charge in [-0.2, -0.15) is 0 Å². The van der Waals surface area contributed by atoms with Crippen LogP contribution in [0.2, 0.25) is 0 Å². The lowest BCUT2D eigenvalue weighted by Crippen LogP contribution is -2.34. The van der Waals surface area contributed by atoms with E-state index in [1.165, 1.54) is 21.9 Å². The topological polar surface area (TPSA) is 122 Å². The van der Waals surface area contributed by atoms with Crippen molar-refractivity contribution in [1.29, 1.82) is 0 Å². The number of hydrogen-bond donors (Lipinski definition) is 1. The molecule has 1 aliphatic rings. The Bertz CT molecular complexity index is 828. The Labute approximate surface area is 152 Å².